The summed E-state index contributed by atoms with van der Waals surface area (Å²) in [7, 11) is -5.54. The number of nitrogens with two attached hydrogens (primary N) is 1. The highest BCUT2D eigenvalue weighted by atomic mass is 32.2. The standard InChI is InChI=1S/C10H20N2O3S2Si/c1-10(2,3)18(4,5)15-6-8-7-16-9(12-8)17(11,13)14/h7H,6H2,1-5H3,(H2,11,13,14). The molecule has 8 heteroatoms. The Morgan fingerprint density at radius 2 is 2.00 bits per heavy atom. The van der Waals surface area contributed by atoms with Crippen molar-refractivity contribution in [1.29, 1.82) is 0 Å². The molecule has 0 amide bonds. The van der Waals surface area contributed by atoms with Crippen LogP contribution >= 0.6 is 11.3 Å². The molecule has 0 radical (unpaired) electrons. The average molecular weight is 309 g/mol. The van der Waals surface area contributed by atoms with Crippen LogP contribution in [0.2, 0.25) is 18.1 Å². The summed E-state index contributed by atoms with van der Waals surface area (Å²) in [4.78, 5) is 3.97. The van der Waals surface area contributed by atoms with Crippen molar-refractivity contribution in [2.24, 2.45) is 5.14 Å². The normalized spacial score (nSPS) is 13.9. The first kappa shape index (κ1) is 15.8. The van der Waals surface area contributed by atoms with Crippen LogP contribution in [0.3, 0.4) is 0 Å². The summed E-state index contributed by atoms with van der Waals surface area (Å²) in [5.41, 5.74) is 0.619. The van der Waals surface area contributed by atoms with Crippen LogP contribution in [0.1, 0.15) is 26.5 Å². The Balaban J connectivity index is 2.74. The lowest BCUT2D eigenvalue weighted by atomic mass is 10.2. The molecule has 104 valence electrons. The molecule has 0 saturated carbocycles. The molecular weight excluding hydrogens is 288 g/mol. The third kappa shape index (κ3) is 3.85. The van der Waals surface area contributed by atoms with Crippen LogP contribution in [-0.4, -0.2) is 21.7 Å². The van der Waals surface area contributed by atoms with Gasteiger partial charge in [0.15, 0.2) is 8.32 Å². The SMILES string of the molecule is CC(C)(C)[Si](C)(C)OCc1csc(S(N)(=O)=O)n1. The van der Waals surface area contributed by atoms with E-state index in [1.807, 2.05) is 0 Å². The second-order valence-corrected chi connectivity index (χ2v) is 13.1. The molecule has 0 saturated heterocycles. The van der Waals surface area contributed by atoms with Gasteiger partial charge in [-0.1, -0.05) is 20.8 Å². The highest BCUT2D eigenvalue weighted by molar-refractivity contribution is 7.91. The van der Waals surface area contributed by atoms with Crippen LogP contribution in [0.15, 0.2) is 9.72 Å². The summed E-state index contributed by atoms with van der Waals surface area (Å²) in [5.74, 6) is 0. The van der Waals surface area contributed by atoms with E-state index in [9.17, 15) is 8.42 Å². The highest BCUT2D eigenvalue weighted by Crippen LogP contribution is 2.37. The molecule has 1 aromatic rings. The molecule has 1 aromatic heterocycles. The molecule has 0 aliphatic rings. The predicted octanol–water partition coefficient (Wildman–Crippen LogP) is 2.31. The van der Waals surface area contributed by atoms with Gasteiger partial charge in [-0.05, 0) is 18.1 Å². The molecule has 0 aromatic carbocycles. The van der Waals surface area contributed by atoms with Crippen LogP contribution < -0.4 is 5.14 Å². The fraction of sp³-hybridized carbons (Fsp3) is 0.700. The van der Waals surface area contributed by atoms with Crippen molar-refractivity contribution < 1.29 is 12.8 Å². The number of primary sulfonamides is 1. The number of hydrogen-bond acceptors (Lipinski definition) is 5. The number of thiazole rings is 1. The molecule has 5 nitrogen and oxygen atoms in total. The smallest absolute Gasteiger partial charge is 0.265 e. The van der Waals surface area contributed by atoms with Gasteiger partial charge in [-0.2, -0.15) is 0 Å². The Morgan fingerprint density at radius 1 is 1.44 bits per heavy atom. The van der Waals surface area contributed by atoms with Crippen molar-refractivity contribution in [3.8, 4) is 0 Å². The zero-order valence-corrected chi connectivity index (χ0v) is 14.0. The summed E-state index contributed by atoms with van der Waals surface area (Å²) in [6.07, 6.45) is 0. The maximum absolute atomic E-state index is 11.1. The summed E-state index contributed by atoms with van der Waals surface area (Å²) >= 11 is 1.03. The number of nitrogens with zero attached hydrogens (tertiary/aromatic N) is 1. The Kier molecular flexibility index (Phi) is 4.39. The Hall–Kier alpha value is -0.283. The zero-order valence-electron chi connectivity index (χ0n) is 11.4. The van der Waals surface area contributed by atoms with Crippen molar-refractivity contribution in [3.05, 3.63) is 11.1 Å². The molecular formula is C10H20N2O3S2Si. The van der Waals surface area contributed by atoms with E-state index in [1.165, 1.54) is 0 Å². The Bertz CT molecular complexity index is 517. The van der Waals surface area contributed by atoms with Gasteiger partial charge in [0.05, 0.1) is 12.3 Å². The predicted molar refractivity (Wildman–Crippen MR) is 75.5 cm³/mol. The third-order valence-corrected chi connectivity index (χ3v) is 9.89. The lowest BCUT2D eigenvalue weighted by molar-refractivity contribution is 0.272. The lowest BCUT2D eigenvalue weighted by Gasteiger charge is -2.35. The van der Waals surface area contributed by atoms with Crippen LogP contribution in [0.5, 0.6) is 0 Å². The van der Waals surface area contributed by atoms with E-state index in [0.717, 1.165) is 11.3 Å². The van der Waals surface area contributed by atoms with Gasteiger partial charge in [0.25, 0.3) is 10.0 Å². The van der Waals surface area contributed by atoms with E-state index in [1.54, 1.807) is 5.38 Å². The highest BCUT2D eigenvalue weighted by Gasteiger charge is 2.37. The van der Waals surface area contributed by atoms with E-state index in [4.69, 9.17) is 9.56 Å². The fourth-order valence-corrected chi connectivity index (χ4v) is 3.35. The van der Waals surface area contributed by atoms with E-state index in [0.29, 0.717) is 12.3 Å². The van der Waals surface area contributed by atoms with Crippen molar-refractivity contribution in [1.82, 2.24) is 4.98 Å². The van der Waals surface area contributed by atoms with Crippen LogP contribution in [0.4, 0.5) is 0 Å². The second-order valence-electron chi connectivity index (χ2n) is 5.70. The maximum atomic E-state index is 11.1. The maximum Gasteiger partial charge on any atom is 0.265 e. The first-order chi connectivity index (χ1) is 7.93. The van der Waals surface area contributed by atoms with Gasteiger partial charge < -0.3 is 4.43 Å². The molecule has 0 bridgehead atoms. The van der Waals surface area contributed by atoms with Crippen LogP contribution in [0.25, 0.3) is 0 Å². The van der Waals surface area contributed by atoms with Crippen molar-refractivity contribution in [2.45, 2.75) is 49.9 Å². The van der Waals surface area contributed by atoms with Crippen LogP contribution in [0, 0.1) is 0 Å². The van der Waals surface area contributed by atoms with E-state index in [-0.39, 0.29) is 9.38 Å². The molecule has 1 heterocycles. The van der Waals surface area contributed by atoms with Crippen molar-refractivity contribution >= 4 is 29.7 Å². The third-order valence-electron chi connectivity index (χ3n) is 3.16. The first-order valence-corrected chi connectivity index (χ1v) is 10.9. The minimum Gasteiger partial charge on any atom is -0.411 e. The van der Waals surface area contributed by atoms with E-state index in [2.05, 4.69) is 38.8 Å². The number of aromatic nitrogens is 1. The average Bonchev–Trinajstić information content (AvgIpc) is 2.60. The second kappa shape index (κ2) is 5.01. The quantitative estimate of drug-likeness (QED) is 0.865. The van der Waals surface area contributed by atoms with E-state index < -0.39 is 18.3 Å². The molecule has 0 aliphatic carbocycles. The number of hydrogen-bond donors (Lipinski definition) is 1. The van der Waals surface area contributed by atoms with Gasteiger partial charge in [-0.25, -0.2) is 18.5 Å². The molecule has 0 spiro atoms. The molecule has 0 aliphatic heterocycles. The topological polar surface area (TPSA) is 82.3 Å². The molecule has 0 unspecified atom stereocenters. The minimum absolute atomic E-state index is 0.0590. The summed E-state index contributed by atoms with van der Waals surface area (Å²) < 4.78 is 28.1. The van der Waals surface area contributed by atoms with Gasteiger partial charge in [0.2, 0.25) is 4.34 Å². The molecule has 18 heavy (non-hydrogen) atoms. The first-order valence-electron chi connectivity index (χ1n) is 5.55. The summed E-state index contributed by atoms with van der Waals surface area (Å²) in [6, 6.07) is 0. The largest absolute Gasteiger partial charge is 0.411 e. The molecule has 2 N–H and O–H groups in total. The molecule has 0 fully saturated rings. The number of rotatable bonds is 4. The fourth-order valence-electron chi connectivity index (χ4n) is 0.956. The van der Waals surface area contributed by atoms with Crippen molar-refractivity contribution in [3.63, 3.8) is 0 Å². The Labute approximate surface area is 114 Å². The Morgan fingerprint density at radius 3 is 2.39 bits per heavy atom. The van der Waals surface area contributed by atoms with E-state index >= 15 is 0 Å². The lowest BCUT2D eigenvalue weighted by Crippen LogP contribution is -2.40. The van der Waals surface area contributed by atoms with Gasteiger partial charge in [-0.15, -0.1) is 11.3 Å². The molecule has 0 atom stereocenters. The number of sulfonamides is 1. The molecule has 1 rings (SSSR count). The summed E-state index contributed by atoms with van der Waals surface area (Å²) in [5, 5.41) is 6.80. The minimum atomic E-state index is -3.70. The van der Waals surface area contributed by atoms with Gasteiger partial charge in [0, 0.05) is 5.38 Å². The van der Waals surface area contributed by atoms with Gasteiger partial charge in [0.1, 0.15) is 0 Å². The summed E-state index contributed by atoms with van der Waals surface area (Å²) in [6.45, 7) is 11.1. The van der Waals surface area contributed by atoms with Crippen molar-refractivity contribution in [2.75, 3.05) is 0 Å². The van der Waals surface area contributed by atoms with Gasteiger partial charge >= 0.3 is 0 Å². The van der Waals surface area contributed by atoms with Gasteiger partial charge in [-0.3, -0.25) is 0 Å². The zero-order chi connectivity index (χ0) is 14.2. The van der Waals surface area contributed by atoms with Crippen LogP contribution in [-0.2, 0) is 21.1 Å². The monoisotopic (exact) mass is 308 g/mol.